The molecule has 70 valence electrons. The van der Waals surface area contributed by atoms with Crippen molar-refractivity contribution in [3.05, 3.63) is 12.7 Å². The maximum absolute atomic E-state index is 10.6. The topological polar surface area (TPSA) is 41.1 Å². The third-order valence-electron chi connectivity index (χ3n) is 1.60. The number of amides is 1. The van der Waals surface area contributed by atoms with Gasteiger partial charge >= 0.3 is 0 Å². The average molecular weight is 170 g/mol. The summed E-state index contributed by atoms with van der Waals surface area (Å²) in [6.45, 7) is 9.77. The number of carbonyl (C=O) groups excluding carboxylic acids is 1. The van der Waals surface area contributed by atoms with Gasteiger partial charge in [-0.05, 0) is 6.54 Å². The first-order chi connectivity index (χ1) is 5.70. The van der Waals surface area contributed by atoms with Gasteiger partial charge in [0.2, 0.25) is 5.91 Å². The molecule has 0 saturated heterocycles. The molecule has 0 heterocycles. The van der Waals surface area contributed by atoms with Crippen LogP contribution >= 0.6 is 0 Å². The maximum Gasteiger partial charge on any atom is 0.216 e. The van der Waals surface area contributed by atoms with Gasteiger partial charge in [-0.15, -0.1) is 6.58 Å². The molecule has 0 aliphatic rings. The molecule has 0 bridgehead atoms. The number of carbonyl (C=O) groups is 1. The van der Waals surface area contributed by atoms with E-state index < -0.39 is 0 Å². The first-order valence-corrected chi connectivity index (χ1v) is 4.28. The predicted octanol–water partition coefficient (Wildman–Crippen LogP) is 0.534. The zero-order valence-electron chi connectivity index (χ0n) is 7.89. The van der Waals surface area contributed by atoms with E-state index in [0.29, 0.717) is 12.5 Å². The van der Waals surface area contributed by atoms with Crippen molar-refractivity contribution >= 4 is 5.91 Å². The van der Waals surface area contributed by atoms with Gasteiger partial charge in [0.15, 0.2) is 0 Å². The number of nitrogens with one attached hydrogen (secondary N) is 2. The fraction of sp³-hybridized carbons (Fsp3) is 0.667. The fourth-order valence-corrected chi connectivity index (χ4v) is 0.843. The van der Waals surface area contributed by atoms with E-state index in [1.165, 1.54) is 6.92 Å². The maximum atomic E-state index is 10.6. The summed E-state index contributed by atoms with van der Waals surface area (Å²) in [5.41, 5.74) is 0. The third kappa shape index (κ3) is 5.92. The van der Waals surface area contributed by atoms with Crippen LogP contribution in [0.15, 0.2) is 12.7 Å². The molecule has 0 saturated carbocycles. The SMILES string of the molecule is C=CC(CNCC)CNC(C)=O. The lowest BCUT2D eigenvalue weighted by Gasteiger charge is -2.12. The predicted molar refractivity (Wildman–Crippen MR) is 50.9 cm³/mol. The van der Waals surface area contributed by atoms with Crippen molar-refractivity contribution in [3.8, 4) is 0 Å². The van der Waals surface area contributed by atoms with Crippen molar-refractivity contribution in [2.24, 2.45) is 5.92 Å². The van der Waals surface area contributed by atoms with Gasteiger partial charge in [0.05, 0.1) is 0 Å². The molecular weight excluding hydrogens is 152 g/mol. The normalized spacial score (nSPS) is 12.2. The molecule has 0 aromatic carbocycles. The molecule has 0 rings (SSSR count). The van der Waals surface area contributed by atoms with E-state index in [2.05, 4.69) is 24.1 Å². The Morgan fingerprint density at radius 3 is 2.67 bits per heavy atom. The fourth-order valence-electron chi connectivity index (χ4n) is 0.843. The van der Waals surface area contributed by atoms with Crippen LogP contribution in [0.3, 0.4) is 0 Å². The number of hydrogen-bond donors (Lipinski definition) is 2. The highest BCUT2D eigenvalue weighted by Gasteiger charge is 2.02. The number of hydrogen-bond acceptors (Lipinski definition) is 2. The van der Waals surface area contributed by atoms with Crippen molar-refractivity contribution in [2.45, 2.75) is 13.8 Å². The van der Waals surface area contributed by atoms with Crippen LogP contribution < -0.4 is 10.6 Å². The van der Waals surface area contributed by atoms with E-state index in [9.17, 15) is 4.79 Å². The summed E-state index contributed by atoms with van der Waals surface area (Å²) >= 11 is 0. The van der Waals surface area contributed by atoms with Gasteiger partial charge < -0.3 is 10.6 Å². The summed E-state index contributed by atoms with van der Waals surface area (Å²) in [6, 6.07) is 0. The molecule has 0 aromatic heterocycles. The van der Waals surface area contributed by atoms with Crippen LogP contribution in [0.25, 0.3) is 0 Å². The smallest absolute Gasteiger partial charge is 0.216 e. The zero-order chi connectivity index (χ0) is 9.40. The molecule has 12 heavy (non-hydrogen) atoms. The average Bonchev–Trinajstić information content (AvgIpc) is 2.05. The van der Waals surface area contributed by atoms with E-state index in [0.717, 1.165) is 13.1 Å². The number of rotatable bonds is 6. The van der Waals surface area contributed by atoms with Gasteiger partial charge in [-0.3, -0.25) is 4.79 Å². The van der Waals surface area contributed by atoms with Crippen LogP contribution in [-0.2, 0) is 4.79 Å². The monoisotopic (exact) mass is 170 g/mol. The van der Waals surface area contributed by atoms with Gasteiger partial charge in [0, 0.05) is 25.9 Å². The Hall–Kier alpha value is -0.830. The Balaban J connectivity index is 3.52. The Morgan fingerprint density at radius 1 is 1.58 bits per heavy atom. The molecule has 3 nitrogen and oxygen atoms in total. The third-order valence-corrected chi connectivity index (χ3v) is 1.60. The standard InChI is InChI=1S/C9H18N2O/c1-4-9(6-10-5-2)7-11-8(3)12/h4,9-10H,1,5-7H2,2-3H3,(H,11,12). The molecule has 1 atom stereocenters. The molecule has 0 fully saturated rings. The van der Waals surface area contributed by atoms with E-state index in [-0.39, 0.29) is 5.91 Å². The summed E-state index contributed by atoms with van der Waals surface area (Å²) in [7, 11) is 0. The second kappa shape index (κ2) is 6.85. The molecule has 2 N–H and O–H groups in total. The summed E-state index contributed by atoms with van der Waals surface area (Å²) in [5.74, 6) is 0.340. The van der Waals surface area contributed by atoms with Crippen LogP contribution in [0.4, 0.5) is 0 Å². The summed E-state index contributed by atoms with van der Waals surface area (Å²) in [4.78, 5) is 10.6. The van der Waals surface area contributed by atoms with Gasteiger partial charge in [-0.1, -0.05) is 13.0 Å². The summed E-state index contributed by atoms with van der Waals surface area (Å²) in [5, 5.41) is 5.96. The lowest BCUT2D eigenvalue weighted by atomic mass is 10.1. The minimum absolute atomic E-state index is 0.0124. The van der Waals surface area contributed by atoms with Crippen LogP contribution in [0.2, 0.25) is 0 Å². The highest BCUT2D eigenvalue weighted by molar-refractivity contribution is 5.72. The molecule has 3 heteroatoms. The molecule has 0 aliphatic heterocycles. The Bertz CT molecular complexity index is 145. The highest BCUT2D eigenvalue weighted by Crippen LogP contribution is 1.92. The van der Waals surface area contributed by atoms with Crippen molar-refractivity contribution in [3.63, 3.8) is 0 Å². The van der Waals surface area contributed by atoms with Gasteiger partial charge in [-0.25, -0.2) is 0 Å². The quantitative estimate of drug-likeness (QED) is 0.571. The molecule has 0 aliphatic carbocycles. The summed E-state index contributed by atoms with van der Waals surface area (Å²) in [6.07, 6.45) is 1.86. The lowest BCUT2D eigenvalue weighted by molar-refractivity contribution is -0.119. The summed E-state index contributed by atoms with van der Waals surface area (Å²) < 4.78 is 0. The van der Waals surface area contributed by atoms with Crippen LogP contribution in [0.5, 0.6) is 0 Å². The van der Waals surface area contributed by atoms with Gasteiger partial charge in [-0.2, -0.15) is 0 Å². The van der Waals surface area contributed by atoms with Crippen molar-refractivity contribution in [2.75, 3.05) is 19.6 Å². The molecular formula is C9H18N2O. The zero-order valence-corrected chi connectivity index (χ0v) is 7.89. The molecule has 0 aromatic rings. The van der Waals surface area contributed by atoms with Crippen molar-refractivity contribution < 1.29 is 4.79 Å². The van der Waals surface area contributed by atoms with E-state index >= 15 is 0 Å². The molecule has 0 radical (unpaired) electrons. The van der Waals surface area contributed by atoms with Crippen molar-refractivity contribution in [1.82, 2.24) is 10.6 Å². The molecule has 1 amide bonds. The van der Waals surface area contributed by atoms with Gasteiger partial charge in [0.1, 0.15) is 0 Å². The Labute approximate surface area is 74.2 Å². The van der Waals surface area contributed by atoms with Crippen LogP contribution in [-0.4, -0.2) is 25.5 Å². The highest BCUT2D eigenvalue weighted by atomic mass is 16.1. The molecule has 1 unspecified atom stereocenters. The van der Waals surface area contributed by atoms with E-state index in [4.69, 9.17) is 0 Å². The molecule has 0 spiro atoms. The van der Waals surface area contributed by atoms with Crippen molar-refractivity contribution in [1.29, 1.82) is 0 Å². The second-order valence-corrected chi connectivity index (χ2v) is 2.74. The minimum Gasteiger partial charge on any atom is -0.356 e. The Morgan fingerprint density at radius 2 is 2.25 bits per heavy atom. The second-order valence-electron chi connectivity index (χ2n) is 2.74. The first kappa shape index (κ1) is 11.2. The largest absolute Gasteiger partial charge is 0.356 e. The van der Waals surface area contributed by atoms with E-state index in [1.807, 2.05) is 6.08 Å². The van der Waals surface area contributed by atoms with Crippen LogP contribution in [0.1, 0.15) is 13.8 Å². The lowest BCUT2D eigenvalue weighted by Crippen LogP contribution is -2.32. The van der Waals surface area contributed by atoms with E-state index in [1.54, 1.807) is 0 Å². The van der Waals surface area contributed by atoms with Crippen LogP contribution in [0, 0.1) is 5.92 Å². The first-order valence-electron chi connectivity index (χ1n) is 4.28. The Kier molecular flexibility index (Phi) is 6.38. The van der Waals surface area contributed by atoms with Gasteiger partial charge in [0.25, 0.3) is 0 Å². The minimum atomic E-state index is 0.0124.